The lowest BCUT2D eigenvalue weighted by molar-refractivity contribution is -0.207. The predicted octanol–water partition coefficient (Wildman–Crippen LogP) is -0.0781. The van der Waals surface area contributed by atoms with E-state index in [0.717, 1.165) is 0 Å². The van der Waals surface area contributed by atoms with Gasteiger partial charge in [0.05, 0.1) is 12.0 Å². The summed E-state index contributed by atoms with van der Waals surface area (Å²) in [6, 6.07) is -0.303. The Morgan fingerprint density at radius 1 is 1.50 bits per heavy atom. The maximum absolute atomic E-state index is 10.7. The fourth-order valence-electron chi connectivity index (χ4n) is 1.74. The highest BCUT2D eigenvalue weighted by Crippen LogP contribution is 2.29. The van der Waals surface area contributed by atoms with Crippen molar-refractivity contribution in [3.05, 3.63) is 0 Å². The molecular weight excluding hydrogens is 186 g/mol. The first-order valence-electron chi connectivity index (χ1n) is 4.68. The molecule has 0 aliphatic heterocycles. The Morgan fingerprint density at radius 2 is 2.07 bits per heavy atom. The molecule has 4 N–H and O–H groups in total. The summed E-state index contributed by atoms with van der Waals surface area (Å²) < 4.78 is 5.26. The summed E-state index contributed by atoms with van der Waals surface area (Å²) in [6.07, 6.45) is 0.424. The zero-order chi connectivity index (χ0) is 10.9. The number of rotatable bonds is 3. The topological polar surface area (TPSA) is 92.8 Å². The van der Waals surface area contributed by atoms with Gasteiger partial charge in [0.1, 0.15) is 0 Å². The number of nitrogens with two attached hydrogens (primary N) is 1. The van der Waals surface area contributed by atoms with Crippen molar-refractivity contribution in [2.75, 3.05) is 0 Å². The van der Waals surface area contributed by atoms with Crippen molar-refractivity contribution in [3.63, 3.8) is 0 Å². The second-order valence-corrected chi connectivity index (χ2v) is 4.27. The molecule has 0 unspecified atom stereocenters. The third-order valence-electron chi connectivity index (χ3n) is 2.34. The number of aliphatic carboxylic acids is 1. The Morgan fingerprint density at radius 3 is 2.43 bits per heavy atom. The van der Waals surface area contributed by atoms with Crippen molar-refractivity contribution >= 4 is 5.97 Å². The summed E-state index contributed by atoms with van der Waals surface area (Å²) in [5, 5.41) is 18.2. The largest absolute Gasteiger partial charge is 0.481 e. The van der Waals surface area contributed by atoms with Crippen molar-refractivity contribution < 1.29 is 19.7 Å². The van der Waals surface area contributed by atoms with E-state index in [1.807, 2.05) is 0 Å². The highest BCUT2D eigenvalue weighted by atomic mass is 16.6. The van der Waals surface area contributed by atoms with Gasteiger partial charge in [-0.05, 0) is 26.7 Å². The fraction of sp³-hybridized carbons (Fsp3) is 0.889. The van der Waals surface area contributed by atoms with Gasteiger partial charge in [-0.2, -0.15) is 0 Å². The second-order valence-electron chi connectivity index (χ2n) is 4.27. The van der Waals surface area contributed by atoms with E-state index in [1.165, 1.54) is 13.8 Å². The minimum atomic E-state index is -1.25. The highest BCUT2D eigenvalue weighted by molar-refractivity contribution is 5.70. The van der Waals surface area contributed by atoms with E-state index in [2.05, 4.69) is 0 Å². The van der Waals surface area contributed by atoms with Gasteiger partial charge in [-0.15, -0.1) is 0 Å². The van der Waals surface area contributed by atoms with Crippen LogP contribution in [0.25, 0.3) is 0 Å². The quantitative estimate of drug-likeness (QED) is 0.558. The zero-order valence-electron chi connectivity index (χ0n) is 8.43. The van der Waals surface area contributed by atoms with Gasteiger partial charge in [0.2, 0.25) is 0 Å². The zero-order valence-corrected chi connectivity index (χ0v) is 8.43. The van der Waals surface area contributed by atoms with E-state index < -0.39 is 17.7 Å². The van der Waals surface area contributed by atoms with Crippen LogP contribution in [0.15, 0.2) is 0 Å². The molecule has 14 heavy (non-hydrogen) atoms. The average Bonchev–Trinajstić information content (AvgIpc) is 2.29. The normalized spacial score (nSPS) is 33.3. The summed E-state index contributed by atoms with van der Waals surface area (Å²) in [6.45, 7) is 3.02. The maximum Gasteiger partial charge on any atom is 0.306 e. The van der Waals surface area contributed by atoms with Crippen molar-refractivity contribution in [2.24, 2.45) is 11.7 Å². The Hall–Kier alpha value is -0.650. The number of hydrogen-bond acceptors (Lipinski definition) is 4. The third kappa shape index (κ3) is 2.94. The molecule has 0 aromatic carbocycles. The number of carbonyl (C=O) groups is 1. The molecule has 0 saturated heterocycles. The first-order valence-corrected chi connectivity index (χ1v) is 4.68. The molecule has 0 bridgehead atoms. The Bertz CT molecular complexity index is 223. The van der Waals surface area contributed by atoms with Gasteiger partial charge in [-0.1, -0.05) is 0 Å². The van der Waals surface area contributed by atoms with Crippen molar-refractivity contribution in [1.82, 2.24) is 0 Å². The van der Waals surface area contributed by atoms with Gasteiger partial charge < -0.3 is 20.7 Å². The van der Waals surface area contributed by atoms with Crippen LogP contribution < -0.4 is 5.73 Å². The summed E-state index contributed by atoms with van der Waals surface area (Å²) >= 11 is 0. The van der Waals surface area contributed by atoms with Gasteiger partial charge in [0, 0.05) is 6.04 Å². The molecule has 0 heterocycles. The number of carboxylic acids is 1. The van der Waals surface area contributed by atoms with Crippen molar-refractivity contribution in [2.45, 2.75) is 44.6 Å². The van der Waals surface area contributed by atoms with E-state index in [4.69, 9.17) is 15.6 Å². The van der Waals surface area contributed by atoms with E-state index >= 15 is 0 Å². The van der Waals surface area contributed by atoms with E-state index in [0.29, 0.717) is 12.8 Å². The average molecular weight is 203 g/mol. The molecule has 0 radical (unpaired) electrons. The number of carboxylic acid groups (broad SMARTS) is 1. The highest BCUT2D eigenvalue weighted by Gasteiger charge is 2.38. The first kappa shape index (κ1) is 11.4. The molecule has 0 aromatic heterocycles. The van der Waals surface area contributed by atoms with E-state index in [1.54, 1.807) is 0 Å². The summed E-state index contributed by atoms with van der Waals surface area (Å²) in [5.41, 5.74) is 5.71. The van der Waals surface area contributed by atoms with Crippen LogP contribution in [0.4, 0.5) is 0 Å². The predicted molar refractivity (Wildman–Crippen MR) is 49.5 cm³/mol. The standard InChI is InChI=1S/C9H17NO4/c1-9(2,13)14-7-4-5(8(11)12)3-6(7)10/h5-7,13H,3-4,10H2,1-2H3,(H,11,12)/t5-,6+,7+/m0/s1. The molecule has 82 valence electrons. The van der Waals surface area contributed by atoms with Crippen molar-refractivity contribution in [3.8, 4) is 0 Å². The van der Waals surface area contributed by atoms with E-state index in [-0.39, 0.29) is 12.1 Å². The van der Waals surface area contributed by atoms with Gasteiger partial charge in [0.25, 0.3) is 0 Å². The maximum atomic E-state index is 10.7. The fourth-order valence-corrected chi connectivity index (χ4v) is 1.74. The second kappa shape index (κ2) is 3.84. The monoisotopic (exact) mass is 203 g/mol. The van der Waals surface area contributed by atoms with Crippen LogP contribution >= 0.6 is 0 Å². The molecule has 3 atom stereocenters. The Labute approximate surface area is 82.9 Å². The smallest absolute Gasteiger partial charge is 0.306 e. The number of aliphatic hydroxyl groups is 1. The molecule has 0 aromatic rings. The summed E-state index contributed by atoms with van der Waals surface area (Å²) in [7, 11) is 0. The lowest BCUT2D eigenvalue weighted by atomic mass is 10.1. The van der Waals surface area contributed by atoms with Gasteiger partial charge >= 0.3 is 5.97 Å². The van der Waals surface area contributed by atoms with Gasteiger partial charge in [0.15, 0.2) is 5.79 Å². The molecule has 1 aliphatic carbocycles. The van der Waals surface area contributed by atoms with Crippen LogP contribution in [-0.4, -0.2) is 34.1 Å². The molecule has 1 saturated carbocycles. The lowest BCUT2D eigenvalue weighted by Crippen LogP contribution is -2.38. The summed E-state index contributed by atoms with van der Waals surface area (Å²) in [5.74, 6) is -2.55. The van der Waals surface area contributed by atoms with Crippen LogP contribution in [0.3, 0.4) is 0 Å². The SMILES string of the molecule is CC(C)(O)O[C@@H]1C[C@@H](C(=O)O)C[C@H]1N. The van der Waals surface area contributed by atoms with Crippen LogP contribution in [0.5, 0.6) is 0 Å². The molecule has 1 aliphatic rings. The van der Waals surface area contributed by atoms with Crippen molar-refractivity contribution in [1.29, 1.82) is 0 Å². The Kier molecular flexibility index (Phi) is 3.14. The first-order chi connectivity index (χ1) is 6.29. The van der Waals surface area contributed by atoms with Crippen LogP contribution in [0.2, 0.25) is 0 Å². The lowest BCUT2D eigenvalue weighted by Gasteiger charge is -2.25. The number of hydrogen-bond donors (Lipinski definition) is 3. The minimum Gasteiger partial charge on any atom is -0.481 e. The Balaban J connectivity index is 2.53. The molecule has 0 spiro atoms. The molecular formula is C9H17NO4. The van der Waals surface area contributed by atoms with Crippen LogP contribution in [0.1, 0.15) is 26.7 Å². The summed E-state index contributed by atoms with van der Waals surface area (Å²) in [4.78, 5) is 10.7. The molecule has 1 fully saturated rings. The molecule has 1 rings (SSSR count). The molecule has 0 amide bonds. The molecule has 5 nitrogen and oxygen atoms in total. The number of ether oxygens (including phenoxy) is 1. The van der Waals surface area contributed by atoms with Gasteiger partial charge in [-0.25, -0.2) is 0 Å². The third-order valence-corrected chi connectivity index (χ3v) is 2.34. The molecule has 5 heteroatoms. The minimum absolute atomic E-state index is 0.303. The van der Waals surface area contributed by atoms with Crippen LogP contribution in [0, 0.1) is 5.92 Å². The van der Waals surface area contributed by atoms with Gasteiger partial charge in [-0.3, -0.25) is 4.79 Å². The van der Waals surface area contributed by atoms with Crippen LogP contribution in [-0.2, 0) is 9.53 Å². The van der Waals surface area contributed by atoms with E-state index in [9.17, 15) is 9.90 Å².